The van der Waals surface area contributed by atoms with Crippen LogP contribution in [0.2, 0.25) is 4.44 Å². The summed E-state index contributed by atoms with van der Waals surface area (Å²) in [5, 5.41) is 17.9. The van der Waals surface area contributed by atoms with Gasteiger partial charge >= 0.3 is 78.9 Å². The molecule has 0 fully saturated rings. The van der Waals surface area contributed by atoms with E-state index in [1.54, 1.807) is 13.8 Å². The van der Waals surface area contributed by atoms with Gasteiger partial charge in [-0.3, -0.25) is 0 Å². The van der Waals surface area contributed by atoms with Gasteiger partial charge in [0.1, 0.15) is 0 Å². The van der Waals surface area contributed by atoms with Crippen molar-refractivity contribution in [1.29, 1.82) is 0 Å². The Bertz CT molecular complexity index is 80.4. The number of thioether (sulfide) groups is 1. The van der Waals surface area contributed by atoms with Crippen LogP contribution >= 0.6 is 11.8 Å². The van der Waals surface area contributed by atoms with Crippen molar-refractivity contribution in [3.05, 3.63) is 0 Å². The summed E-state index contributed by atoms with van der Waals surface area (Å²) in [5.74, 6) is 1.30. The molecule has 0 unspecified atom stereocenters. The van der Waals surface area contributed by atoms with Crippen molar-refractivity contribution >= 4 is 32.9 Å². The van der Waals surface area contributed by atoms with E-state index in [9.17, 15) is 0 Å². The molecule has 0 aliphatic rings. The van der Waals surface area contributed by atoms with E-state index in [1.165, 1.54) is 26.8 Å². The minimum Gasteiger partial charge on any atom is -0.855 e. The fourth-order valence-corrected chi connectivity index (χ4v) is 6.78. The Hall–Kier alpha value is 1.03. The first-order valence-electron chi connectivity index (χ1n) is 5.89. The average molecular weight is 356 g/mol. The smallest absolute Gasteiger partial charge is 0.0809 e. The Morgan fingerprint density at radius 3 is 1.94 bits per heavy atom. The molecule has 98 valence electrons. The van der Waals surface area contributed by atoms with Gasteiger partial charge < -0.3 is 10.2 Å². The summed E-state index contributed by atoms with van der Waals surface area (Å²) in [6, 6.07) is 0. The third-order valence-corrected chi connectivity index (χ3v) is 7.55. The third kappa shape index (κ3) is 45.9. The van der Waals surface area contributed by atoms with Gasteiger partial charge in [-0.05, 0) is 0 Å². The van der Waals surface area contributed by atoms with Crippen LogP contribution in [0.3, 0.4) is 0 Å². The second-order valence-electron chi connectivity index (χ2n) is 2.71. The second-order valence-corrected chi connectivity index (χ2v) is 9.31. The SMILES string of the molecule is CCS[CH2][Sn+2][CH2]CCCN.CC[O-].CC[O-]. The number of hydrogen-bond acceptors (Lipinski definition) is 4. The molecule has 0 amide bonds. The van der Waals surface area contributed by atoms with E-state index in [-0.39, 0.29) is 34.4 Å². The van der Waals surface area contributed by atoms with E-state index < -0.39 is 0 Å². The summed E-state index contributed by atoms with van der Waals surface area (Å²) in [7, 11) is 0. The molecule has 3 nitrogen and oxygen atoms in total. The molecule has 0 saturated carbocycles. The Morgan fingerprint density at radius 2 is 1.56 bits per heavy atom. The average Bonchev–Trinajstić information content (AvgIpc) is 2.26. The van der Waals surface area contributed by atoms with Crippen molar-refractivity contribution in [1.82, 2.24) is 0 Å². The normalized spacial score (nSPS) is 8.12. The summed E-state index contributed by atoms with van der Waals surface area (Å²) < 4.78 is 3.04. The van der Waals surface area contributed by atoms with Crippen LogP contribution in [0.25, 0.3) is 0 Å². The Kier molecular flexibility index (Phi) is 41.4. The van der Waals surface area contributed by atoms with E-state index in [4.69, 9.17) is 15.9 Å². The van der Waals surface area contributed by atoms with Crippen molar-refractivity contribution in [2.45, 2.75) is 38.0 Å². The Labute approximate surface area is 116 Å². The van der Waals surface area contributed by atoms with Gasteiger partial charge in [0, 0.05) is 0 Å². The van der Waals surface area contributed by atoms with Crippen molar-refractivity contribution in [3.8, 4) is 0 Å². The second kappa shape index (κ2) is 29.8. The van der Waals surface area contributed by atoms with Crippen LogP contribution in [0.15, 0.2) is 0 Å². The van der Waals surface area contributed by atoms with Gasteiger partial charge in [-0.25, -0.2) is 0 Å². The van der Waals surface area contributed by atoms with E-state index >= 15 is 0 Å². The zero-order chi connectivity index (χ0) is 13.1. The number of unbranched alkanes of at least 4 members (excludes halogenated alkanes) is 1. The maximum absolute atomic E-state index is 8.93. The molecule has 0 aromatic carbocycles. The Morgan fingerprint density at radius 1 is 1.06 bits per heavy atom. The largest absolute Gasteiger partial charge is 0.855 e. The molecular weight excluding hydrogens is 329 g/mol. The van der Waals surface area contributed by atoms with Crippen LogP contribution in [0, 0.1) is 0 Å². The van der Waals surface area contributed by atoms with Gasteiger partial charge in [0.25, 0.3) is 0 Å². The van der Waals surface area contributed by atoms with Crippen LogP contribution in [-0.4, -0.2) is 50.4 Å². The molecule has 0 aromatic heterocycles. The third-order valence-electron chi connectivity index (χ3n) is 1.22. The summed E-state index contributed by atoms with van der Waals surface area (Å²) in [4.78, 5) is 0. The Balaban J connectivity index is -0.000000235. The van der Waals surface area contributed by atoms with Crippen molar-refractivity contribution in [2.24, 2.45) is 5.73 Å². The van der Waals surface area contributed by atoms with Crippen LogP contribution in [0.5, 0.6) is 0 Å². The van der Waals surface area contributed by atoms with Crippen molar-refractivity contribution in [3.63, 3.8) is 0 Å². The van der Waals surface area contributed by atoms with Crippen molar-refractivity contribution < 1.29 is 10.2 Å². The van der Waals surface area contributed by atoms with Crippen LogP contribution in [-0.2, 0) is 0 Å². The van der Waals surface area contributed by atoms with E-state index in [1.807, 2.05) is 0 Å². The van der Waals surface area contributed by atoms with Gasteiger partial charge in [-0.1, -0.05) is 13.8 Å². The molecule has 0 bridgehead atoms. The summed E-state index contributed by atoms with van der Waals surface area (Å²) in [6.07, 6.45) is 2.64. The molecule has 0 atom stereocenters. The van der Waals surface area contributed by atoms with Crippen LogP contribution in [0.1, 0.15) is 33.6 Å². The number of hydrogen-bond donors (Lipinski definition) is 1. The first-order valence-corrected chi connectivity index (χ1v) is 11.1. The predicted octanol–water partition coefficient (Wildman–Crippen LogP) is 0.292. The quantitative estimate of drug-likeness (QED) is 0.526. The molecule has 0 aliphatic heterocycles. The van der Waals surface area contributed by atoms with Crippen molar-refractivity contribution in [2.75, 3.05) is 29.3 Å². The number of nitrogens with two attached hydrogens (primary N) is 1. The van der Waals surface area contributed by atoms with Crippen LogP contribution < -0.4 is 15.9 Å². The molecule has 0 spiro atoms. The van der Waals surface area contributed by atoms with Crippen LogP contribution in [0.4, 0.5) is 0 Å². The van der Waals surface area contributed by atoms with E-state index in [0.29, 0.717) is 0 Å². The fraction of sp³-hybridized carbons (Fsp3) is 1.00. The molecule has 5 heteroatoms. The zero-order valence-corrected chi connectivity index (χ0v) is 14.6. The molecule has 0 saturated heterocycles. The van der Waals surface area contributed by atoms with Gasteiger partial charge in [0.2, 0.25) is 0 Å². The maximum Gasteiger partial charge on any atom is -0.0809 e. The summed E-state index contributed by atoms with van der Waals surface area (Å²) in [5.41, 5.74) is 5.38. The van der Waals surface area contributed by atoms with Gasteiger partial charge in [-0.15, -0.1) is 13.2 Å². The predicted molar refractivity (Wildman–Crippen MR) is 72.9 cm³/mol. The monoisotopic (exact) mass is 357 g/mol. The van der Waals surface area contributed by atoms with Gasteiger partial charge in [0.15, 0.2) is 0 Å². The first-order chi connectivity index (χ1) is 7.74. The molecule has 0 aliphatic carbocycles. The molecule has 0 heterocycles. The zero-order valence-electron chi connectivity index (χ0n) is 11.0. The summed E-state index contributed by atoms with van der Waals surface area (Å²) >= 11 is 2.15. The topological polar surface area (TPSA) is 72.1 Å². The van der Waals surface area contributed by atoms with E-state index in [2.05, 4.69) is 18.7 Å². The first kappa shape index (κ1) is 22.2. The van der Waals surface area contributed by atoms with Gasteiger partial charge in [0.05, 0.1) is 0 Å². The molecule has 0 radical (unpaired) electrons. The standard InChI is InChI=1S/C4H10N.C3H7S.2C2H5O.Sn/c1-2-3-4-5;1-3-4-2;2*1-2-3;/h1-5H2;2-3H2,1H3;2*2H2,1H3;/q;;2*-1;+2. The molecule has 0 aromatic rings. The molecule has 0 rings (SSSR count). The minimum absolute atomic E-state index is 0. The maximum atomic E-state index is 8.93. The van der Waals surface area contributed by atoms with Gasteiger partial charge in [-0.2, -0.15) is 0 Å². The van der Waals surface area contributed by atoms with E-state index in [0.717, 1.165) is 6.54 Å². The molecular formula is C11H27NO2SSn. The summed E-state index contributed by atoms with van der Waals surface area (Å²) in [6.45, 7) is 6.27. The molecule has 16 heavy (non-hydrogen) atoms. The fourth-order valence-electron chi connectivity index (χ4n) is 0.641. The number of rotatable bonds is 7. The molecule has 2 N–H and O–H groups in total. The minimum atomic E-state index is 0.